The lowest BCUT2D eigenvalue weighted by molar-refractivity contribution is -0.121. The van der Waals surface area contributed by atoms with E-state index in [1.165, 1.54) is 12.1 Å². The fourth-order valence-electron chi connectivity index (χ4n) is 2.33. The van der Waals surface area contributed by atoms with Crippen LogP contribution in [0.2, 0.25) is 0 Å². The molecule has 0 fully saturated rings. The highest BCUT2D eigenvalue weighted by atomic mass is 127. The van der Waals surface area contributed by atoms with Crippen LogP contribution in [0.4, 0.5) is 10.1 Å². The Balaban J connectivity index is 2.00. The normalized spacial score (nSPS) is 13.9. The van der Waals surface area contributed by atoms with Gasteiger partial charge in [0.2, 0.25) is 0 Å². The average molecular weight is 397 g/mol. The highest BCUT2D eigenvalue weighted by Crippen LogP contribution is 2.34. The Kier molecular flexibility index (Phi) is 3.84. The van der Waals surface area contributed by atoms with Gasteiger partial charge in [0.1, 0.15) is 11.6 Å². The first kappa shape index (κ1) is 14.3. The SMILES string of the molecule is Cc1ccc(F)cc1CN1C(=O)COc2ccc(I)cc21. The standard InChI is InChI=1S/C16H13FINO2/c1-10-2-3-12(17)6-11(10)8-19-14-7-13(18)4-5-15(14)21-9-16(19)20/h2-7H,8-9H2,1H3. The summed E-state index contributed by atoms with van der Waals surface area (Å²) in [5.74, 6) is 0.274. The van der Waals surface area contributed by atoms with Crippen molar-refractivity contribution in [3.8, 4) is 5.75 Å². The summed E-state index contributed by atoms with van der Waals surface area (Å²) in [5, 5.41) is 0. The Hall–Kier alpha value is -1.63. The maximum atomic E-state index is 13.4. The number of carbonyl (C=O) groups is 1. The van der Waals surface area contributed by atoms with Gasteiger partial charge >= 0.3 is 0 Å². The minimum absolute atomic E-state index is 0.0158. The molecule has 0 spiro atoms. The van der Waals surface area contributed by atoms with Gasteiger partial charge in [0.05, 0.1) is 12.2 Å². The van der Waals surface area contributed by atoms with Gasteiger partial charge in [-0.25, -0.2) is 4.39 Å². The zero-order chi connectivity index (χ0) is 15.0. The fraction of sp³-hybridized carbons (Fsp3) is 0.188. The van der Waals surface area contributed by atoms with Crippen LogP contribution in [-0.2, 0) is 11.3 Å². The molecular weight excluding hydrogens is 384 g/mol. The van der Waals surface area contributed by atoms with Crippen molar-refractivity contribution < 1.29 is 13.9 Å². The first-order chi connectivity index (χ1) is 10.0. The molecule has 0 unspecified atom stereocenters. The monoisotopic (exact) mass is 397 g/mol. The smallest absolute Gasteiger partial charge is 0.265 e. The van der Waals surface area contributed by atoms with Gasteiger partial charge in [0.25, 0.3) is 5.91 Å². The number of hydrogen-bond acceptors (Lipinski definition) is 2. The maximum Gasteiger partial charge on any atom is 0.265 e. The minimum atomic E-state index is -0.292. The molecule has 0 aromatic heterocycles. The molecule has 3 nitrogen and oxygen atoms in total. The van der Waals surface area contributed by atoms with Crippen molar-refractivity contribution in [2.24, 2.45) is 0 Å². The quantitative estimate of drug-likeness (QED) is 0.724. The number of fused-ring (bicyclic) bond motifs is 1. The van der Waals surface area contributed by atoms with E-state index in [1.807, 2.05) is 25.1 Å². The number of hydrogen-bond donors (Lipinski definition) is 0. The van der Waals surface area contributed by atoms with Gasteiger partial charge in [-0.3, -0.25) is 4.79 Å². The van der Waals surface area contributed by atoms with Crippen LogP contribution in [0.1, 0.15) is 11.1 Å². The van der Waals surface area contributed by atoms with Crippen molar-refractivity contribution in [2.45, 2.75) is 13.5 Å². The van der Waals surface area contributed by atoms with Gasteiger partial charge in [-0.1, -0.05) is 6.07 Å². The third kappa shape index (κ3) is 2.88. The highest BCUT2D eigenvalue weighted by molar-refractivity contribution is 14.1. The number of aryl methyl sites for hydroxylation is 1. The predicted molar refractivity (Wildman–Crippen MR) is 87.0 cm³/mol. The van der Waals surface area contributed by atoms with Crippen LogP contribution in [0.25, 0.3) is 0 Å². The van der Waals surface area contributed by atoms with E-state index >= 15 is 0 Å². The largest absolute Gasteiger partial charge is 0.482 e. The van der Waals surface area contributed by atoms with Crippen molar-refractivity contribution >= 4 is 34.2 Å². The molecule has 2 aromatic rings. The molecule has 0 bridgehead atoms. The van der Waals surface area contributed by atoms with Crippen LogP contribution in [0, 0.1) is 16.3 Å². The van der Waals surface area contributed by atoms with Crippen molar-refractivity contribution in [1.29, 1.82) is 0 Å². The zero-order valence-electron chi connectivity index (χ0n) is 11.4. The van der Waals surface area contributed by atoms with E-state index in [0.29, 0.717) is 12.3 Å². The third-order valence-electron chi connectivity index (χ3n) is 3.50. The average Bonchev–Trinajstić information content (AvgIpc) is 2.46. The Morgan fingerprint density at radius 2 is 2.10 bits per heavy atom. The van der Waals surface area contributed by atoms with E-state index in [4.69, 9.17) is 4.74 Å². The van der Waals surface area contributed by atoms with Crippen LogP contribution < -0.4 is 9.64 Å². The summed E-state index contributed by atoms with van der Waals surface area (Å²) < 4.78 is 19.9. The third-order valence-corrected chi connectivity index (χ3v) is 4.17. The Bertz CT molecular complexity index is 717. The van der Waals surface area contributed by atoms with Crippen molar-refractivity contribution in [3.05, 3.63) is 56.9 Å². The number of halogens is 2. The van der Waals surface area contributed by atoms with Crippen molar-refractivity contribution in [1.82, 2.24) is 0 Å². The summed E-state index contributed by atoms with van der Waals surface area (Å²) in [6.45, 7) is 2.27. The molecule has 21 heavy (non-hydrogen) atoms. The lowest BCUT2D eigenvalue weighted by Crippen LogP contribution is -2.38. The van der Waals surface area contributed by atoms with Crippen molar-refractivity contribution in [2.75, 3.05) is 11.5 Å². The molecule has 1 aliphatic rings. The van der Waals surface area contributed by atoms with E-state index in [9.17, 15) is 9.18 Å². The van der Waals surface area contributed by atoms with Crippen LogP contribution in [0.15, 0.2) is 36.4 Å². The number of ether oxygens (including phenoxy) is 1. The second kappa shape index (κ2) is 5.63. The molecular formula is C16H13FINO2. The molecule has 0 saturated carbocycles. The summed E-state index contributed by atoms with van der Waals surface area (Å²) >= 11 is 2.19. The summed E-state index contributed by atoms with van der Waals surface area (Å²) in [6.07, 6.45) is 0. The lowest BCUT2D eigenvalue weighted by Gasteiger charge is -2.30. The number of rotatable bonds is 2. The molecule has 2 aromatic carbocycles. The van der Waals surface area contributed by atoms with Crippen LogP contribution >= 0.6 is 22.6 Å². The fourth-order valence-corrected chi connectivity index (χ4v) is 2.80. The molecule has 0 aliphatic carbocycles. The van der Waals surface area contributed by atoms with Gasteiger partial charge < -0.3 is 9.64 Å². The second-order valence-corrected chi connectivity index (χ2v) is 6.20. The Morgan fingerprint density at radius 3 is 2.90 bits per heavy atom. The van der Waals surface area contributed by atoms with Gasteiger partial charge in [0.15, 0.2) is 6.61 Å². The molecule has 3 rings (SSSR count). The van der Waals surface area contributed by atoms with Crippen LogP contribution in [0.5, 0.6) is 5.75 Å². The number of anilines is 1. The molecule has 5 heteroatoms. The molecule has 0 saturated heterocycles. The number of benzene rings is 2. The summed E-state index contributed by atoms with van der Waals surface area (Å²) in [4.78, 5) is 13.8. The summed E-state index contributed by atoms with van der Waals surface area (Å²) in [7, 11) is 0. The Labute approximate surface area is 135 Å². The van der Waals surface area contributed by atoms with E-state index in [0.717, 1.165) is 20.4 Å². The highest BCUT2D eigenvalue weighted by Gasteiger charge is 2.26. The summed E-state index contributed by atoms with van der Waals surface area (Å²) in [6, 6.07) is 10.3. The van der Waals surface area contributed by atoms with E-state index in [-0.39, 0.29) is 18.3 Å². The summed E-state index contributed by atoms with van der Waals surface area (Å²) in [5.41, 5.74) is 2.50. The van der Waals surface area contributed by atoms with Crippen molar-refractivity contribution in [3.63, 3.8) is 0 Å². The van der Waals surface area contributed by atoms with E-state index < -0.39 is 0 Å². The number of amides is 1. The first-order valence-corrected chi connectivity index (χ1v) is 7.60. The van der Waals surface area contributed by atoms with Gasteiger partial charge in [-0.2, -0.15) is 0 Å². The minimum Gasteiger partial charge on any atom is -0.482 e. The second-order valence-electron chi connectivity index (χ2n) is 4.95. The van der Waals surface area contributed by atoms with Crippen LogP contribution in [0.3, 0.4) is 0 Å². The van der Waals surface area contributed by atoms with Gasteiger partial charge in [0, 0.05) is 3.57 Å². The Morgan fingerprint density at radius 1 is 1.29 bits per heavy atom. The molecule has 1 heterocycles. The lowest BCUT2D eigenvalue weighted by atomic mass is 10.1. The van der Waals surface area contributed by atoms with E-state index in [2.05, 4.69) is 22.6 Å². The molecule has 108 valence electrons. The molecule has 1 amide bonds. The first-order valence-electron chi connectivity index (χ1n) is 6.52. The number of nitrogens with zero attached hydrogens (tertiary/aromatic N) is 1. The zero-order valence-corrected chi connectivity index (χ0v) is 13.6. The molecule has 0 radical (unpaired) electrons. The van der Waals surface area contributed by atoms with Crippen LogP contribution in [-0.4, -0.2) is 12.5 Å². The van der Waals surface area contributed by atoms with Gasteiger partial charge in [-0.15, -0.1) is 0 Å². The number of carbonyl (C=O) groups excluding carboxylic acids is 1. The molecule has 0 atom stereocenters. The predicted octanol–water partition coefficient (Wildman–Crippen LogP) is 3.66. The maximum absolute atomic E-state index is 13.4. The van der Waals surface area contributed by atoms with E-state index in [1.54, 1.807) is 11.0 Å². The molecule has 1 aliphatic heterocycles. The molecule has 0 N–H and O–H groups in total. The topological polar surface area (TPSA) is 29.5 Å². The van der Waals surface area contributed by atoms with Gasteiger partial charge in [-0.05, 0) is 71.0 Å².